The predicted octanol–water partition coefficient (Wildman–Crippen LogP) is 4.51. The number of hydrogen-bond donors (Lipinski definition) is 2. The zero-order valence-electron chi connectivity index (χ0n) is 13.4. The average molecular weight is 399 g/mol. The third-order valence-corrected chi connectivity index (χ3v) is 3.91. The molecule has 0 aliphatic heterocycles. The van der Waals surface area contributed by atoms with Crippen LogP contribution in [0.25, 0.3) is 0 Å². The number of para-hydroxylation sites is 1. The highest BCUT2D eigenvalue weighted by Crippen LogP contribution is 2.23. The van der Waals surface area contributed by atoms with Gasteiger partial charge in [-0.15, -0.1) is 0 Å². The van der Waals surface area contributed by atoms with Gasteiger partial charge in [-0.25, -0.2) is 14.8 Å². The molecule has 0 amide bonds. The Morgan fingerprint density at radius 2 is 1.68 bits per heavy atom. The number of ether oxygens (including phenoxy) is 1. The first-order chi connectivity index (χ1) is 12.2. The Hall–Kier alpha value is -2.93. The van der Waals surface area contributed by atoms with E-state index >= 15 is 0 Å². The third kappa shape index (κ3) is 4.33. The second-order valence-corrected chi connectivity index (χ2v) is 6.00. The van der Waals surface area contributed by atoms with E-state index in [0.29, 0.717) is 22.9 Å². The van der Waals surface area contributed by atoms with Crippen molar-refractivity contribution in [2.45, 2.75) is 0 Å². The molecule has 0 fully saturated rings. The average Bonchev–Trinajstić information content (AvgIpc) is 2.64. The van der Waals surface area contributed by atoms with Crippen LogP contribution in [0.1, 0.15) is 10.4 Å². The van der Waals surface area contributed by atoms with Gasteiger partial charge in [0.15, 0.2) is 0 Å². The normalized spacial score (nSPS) is 10.2. The highest BCUT2D eigenvalue weighted by molar-refractivity contribution is 9.10. The van der Waals surface area contributed by atoms with Gasteiger partial charge in [0.1, 0.15) is 18.0 Å². The van der Waals surface area contributed by atoms with E-state index in [1.807, 2.05) is 30.3 Å². The van der Waals surface area contributed by atoms with Gasteiger partial charge in [-0.1, -0.05) is 28.1 Å². The molecule has 0 spiro atoms. The zero-order valence-corrected chi connectivity index (χ0v) is 14.9. The standard InChI is InChI=1S/C18H15BrN4O2/c1-25-18(24)14-4-2-3-5-15(14)23-17-10-16(20-11-21-17)22-13-8-6-12(19)7-9-13/h2-11H,1H3,(H2,20,21,22,23). The summed E-state index contributed by atoms with van der Waals surface area (Å²) in [6.07, 6.45) is 1.45. The minimum atomic E-state index is -0.412. The van der Waals surface area contributed by atoms with Gasteiger partial charge in [-0.05, 0) is 36.4 Å². The lowest BCUT2D eigenvalue weighted by Gasteiger charge is -2.11. The van der Waals surface area contributed by atoms with E-state index in [2.05, 4.69) is 36.5 Å². The number of esters is 1. The summed E-state index contributed by atoms with van der Waals surface area (Å²) < 4.78 is 5.80. The first-order valence-electron chi connectivity index (χ1n) is 7.45. The molecule has 1 heterocycles. The monoisotopic (exact) mass is 398 g/mol. The van der Waals surface area contributed by atoms with Gasteiger partial charge < -0.3 is 15.4 Å². The molecule has 25 heavy (non-hydrogen) atoms. The Labute approximate surface area is 153 Å². The minimum Gasteiger partial charge on any atom is -0.465 e. The van der Waals surface area contributed by atoms with Gasteiger partial charge in [-0.2, -0.15) is 0 Å². The minimum absolute atomic E-state index is 0.412. The SMILES string of the molecule is COC(=O)c1ccccc1Nc1cc(Nc2ccc(Br)cc2)ncn1. The fourth-order valence-corrected chi connectivity index (χ4v) is 2.46. The van der Waals surface area contributed by atoms with Crippen LogP contribution in [0.5, 0.6) is 0 Å². The molecule has 0 aliphatic rings. The number of hydrogen-bond acceptors (Lipinski definition) is 6. The Bertz CT molecular complexity index is 884. The summed E-state index contributed by atoms with van der Waals surface area (Å²) in [5.74, 6) is 0.784. The molecule has 0 radical (unpaired) electrons. The van der Waals surface area contributed by atoms with E-state index in [9.17, 15) is 4.79 Å². The molecule has 1 aromatic heterocycles. The summed E-state index contributed by atoms with van der Waals surface area (Å²) in [5, 5.41) is 6.33. The molecule has 0 unspecified atom stereocenters. The number of nitrogens with one attached hydrogen (secondary N) is 2. The van der Waals surface area contributed by atoms with Crippen LogP contribution in [0.15, 0.2) is 65.4 Å². The molecular weight excluding hydrogens is 384 g/mol. The Morgan fingerprint density at radius 3 is 2.40 bits per heavy atom. The van der Waals surface area contributed by atoms with Crippen LogP contribution in [0.3, 0.4) is 0 Å². The summed E-state index contributed by atoms with van der Waals surface area (Å²) >= 11 is 3.40. The largest absolute Gasteiger partial charge is 0.465 e. The van der Waals surface area contributed by atoms with Gasteiger partial charge in [0.25, 0.3) is 0 Å². The van der Waals surface area contributed by atoms with E-state index in [1.54, 1.807) is 24.3 Å². The van der Waals surface area contributed by atoms with Crippen molar-refractivity contribution in [2.24, 2.45) is 0 Å². The van der Waals surface area contributed by atoms with Crippen LogP contribution >= 0.6 is 15.9 Å². The van der Waals surface area contributed by atoms with Crippen LogP contribution in [-0.4, -0.2) is 23.0 Å². The molecule has 126 valence electrons. The molecule has 0 atom stereocenters. The molecule has 2 N–H and O–H groups in total. The van der Waals surface area contributed by atoms with E-state index < -0.39 is 5.97 Å². The molecule has 0 aliphatic carbocycles. The number of methoxy groups -OCH3 is 1. The van der Waals surface area contributed by atoms with Gasteiger partial charge in [0.2, 0.25) is 0 Å². The van der Waals surface area contributed by atoms with Crippen molar-refractivity contribution in [3.8, 4) is 0 Å². The second-order valence-electron chi connectivity index (χ2n) is 5.08. The number of rotatable bonds is 5. The fraction of sp³-hybridized carbons (Fsp3) is 0.0556. The summed E-state index contributed by atoms with van der Waals surface area (Å²) in [6.45, 7) is 0. The highest BCUT2D eigenvalue weighted by atomic mass is 79.9. The van der Waals surface area contributed by atoms with Crippen LogP contribution in [0.2, 0.25) is 0 Å². The van der Waals surface area contributed by atoms with Gasteiger partial charge in [0.05, 0.1) is 18.4 Å². The van der Waals surface area contributed by atoms with E-state index in [0.717, 1.165) is 10.2 Å². The van der Waals surface area contributed by atoms with Gasteiger partial charge in [0, 0.05) is 16.2 Å². The van der Waals surface area contributed by atoms with Crippen molar-refractivity contribution >= 4 is 44.9 Å². The van der Waals surface area contributed by atoms with Crippen molar-refractivity contribution in [1.29, 1.82) is 0 Å². The molecule has 0 bridgehead atoms. The Morgan fingerprint density at radius 1 is 1.00 bits per heavy atom. The molecule has 3 rings (SSSR count). The molecule has 0 saturated heterocycles. The number of anilines is 4. The van der Waals surface area contributed by atoms with Crippen molar-refractivity contribution < 1.29 is 9.53 Å². The smallest absolute Gasteiger partial charge is 0.339 e. The maximum Gasteiger partial charge on any atom is 0.339 e. The Balaban J connectivity index is 1.81. The maximum atomic E-state index is 11.8. The number of nitrogens with zero attached hydrogens (tertiary/aromatic N) is 2. The third-order valence-electron chi connectivity index (χ3n) is 3.38. The number of carbonyl (C=O) groups is 1. The zero-order chi connectivity index (χ0) is 17.6. The van der Waals surface area contributed by atoms with E-state index in [-0.39, 0.29) is 0 Å². The van der Waals surface area contributed by atoms with Crippen molar-refractivity contribution in [1.82, 2.24) is 9.97 Å². The Kier molecular flexibility index (Phi) is 5.25. The van der Waals surface area contributed by atoms with E-state index in [4.69, 9.17) is 4.74 Å². The second kappa shape index (κ2) is 7.76. The summed E-state index contributed by atoms with van der Waals surface area (Å²) in [7, 11) is 1.35. The molecular formula is C18H15BrN4O2. The quantitative estimate of drug-likeness (QED) is 0.615. The first-order valence-corrected chi connectivity index (χ1v) is 8.24. The summed E-state index contributed by atoms with van der Waals surface area (Å²) in [5.41, 5.74) is 1.96. The fourth-order valence-electron chi connectivity index (χ4n) is 2.19. The van der Waals surface area contributed by atoms with Gasteiger partial charge in [-0.3, -0.25) is 0 Å². The predicted molar refractivity (Wildman–Crippen MR) is 101 cm³/mol. The van der Waals surface area contributed by atoms with Crippen molar-refractivity contribution in [2.75, 3.05) is 17.7 Å². The van der Waals surface area contributed by atoms with E-state index in [1.165, 1.54) is 13.4 Å². The summed E-state index contributed by atoms with van der Waals surface area (Å²) in [6, 6.07) is 16.6. The molecule has 7 heteroatoms. The lowest BCUT2D eigenvalue weighted by molar-refractivity contribution is 0.0602. The number of carbonyl (C=O) groups excluding carboxylic acids is 1. The molecule has 6 nitrogen and oxygen atoms in total. The molecule has 3 aromatic rings. The van der Waals surface area contributed by atoms with Crippen LogP contribution in [0, 0.1) is 0 Å². The molecule has 2 aromatic carbocycles. The maximum absolute atomic E-state index is 11.8. The first kappa shape index (κ1) is 16.9. The number of aromatic nitrogens is 2. The topological polar surface area (TPSA) is 76.1 Å². The molecule has 0 saturated carbocycles. The highest BCUT2D eigenvalue weighted by Gasteiger charge is 2.11. The lowest BCUT2D eigenvalue weighted by Crippen LogP contribution is -2.06. The van der Waals surface area contributed by atoms with Crippen LogP contribution in [-0.2, 0) is 4.74 Å². The van der Waals surface area contributed by atoms with Crippen molar-refractivity contribution in [3.63, 3.8) is 0 Å². The summed E-state index contributed by atoms with van der Waals surface area (Å²) in [4.78, 5) is 20.3. The number of halogens is 1. The lowest BCUT2D eigenvalue weighted by atomic mass is 10.2. The van der Waals surface area contributed by atoms with Crippen LogP contribution < -0.4 is 10.6 Å². The van der Waals surface area contributed by atoms with Crippen LogP contribution in [0.4, 0.5) is 23.0 Å². The number of benzene rings is 2. The van der Waals surface area contributed by atoms with Gasteiger partial charge >= 0.3 is 5.97 Å². The van der Waals surface area contributed by atoms with Crippen molar-refractivity contribution in [3.05, 3.63) is 71.0 Å².